The average molecular weight is 279 g/mol. The molecule has 0 spiro atoms. The van der Waals surface area contributed by atoms with Crippen molar-refractivity contribution in [3.05, 3.63) is 35.9 Å². The molecule has 0 amide bonds. The van der Waals surface area contributed by atoms with Gasteiger partial charge in [-0.1, -0.05) is 30.3 Å². The van der Waals surface area contributed by atoms with E-state index in [2.05, 4.69) is 0 Å². The Kier molecular flexibility index (Phi) is 5.27. The number of carboxylic acids is 1. The van der Waals surface area contributed by atoms with E-state index >= 15 is 0 Å². The van der Waals surface area contributed by atoms with Gasteiger partial charge in [0.05, 0.1) is 5.92 Å². The van der Waals surface area contributed by atoms with Gasteiger partial charge in [0.1, 0.15) is 11.6 Å². The first-order chi connectivity index (χ1) is 9.20. The first kappa shape index (κ1) is 16.2. The predicted octanol–water partition coefficient (Wildman–Crippen LogP) is 1.91. The number of aliphatic carboxylic acids is 1. The van der Waals surface area contributed by atoms with Gasteiger partial charge in [-0.25, -0.2) is 0 Å². The minimum Gasteiger partial charge on any atom is -0.480 e. The highest BCUT2D eigenvalue weighted by Gasteiger charge is 2.30. The molecule has 0 heterocycles. The Balaban J connectivity index is 2.96. The van der Waals surface area contributed by atoms with E-state index in [-0.39, 0.29) is 6.42 Å². The second kappa shape index (κ2) is 6.52. The SMILES string of the molecule is CC(C)(C)OC(=O)C(CC(N)C(=O)O)c1ccccc1. The molecule has 20 heavy (non-hydrogen) atoms. The second-order valence-electron chi connectivity index (χ2n) is 5.68. The molecule has 0 bridgehead atoms. The molecule has 5 heteroatoms. The summed E-state index contributed by atoms with van der Waals surface area (Å²) in [6.07, 6.45) is 0.00819. The second-order valence-corrected chi connectivity index (χ2v) is 5.68. The van der Waals surface area contributed by atoms with Crippen LogP contribution in [0.25, 0.3) is 0 Å². The molecular formula is C15H21NO4. The van der Waals surface area contributed by atoms with Crippen molar-refractivity contribution in [2.45, 2.75) is 44.8 Å². The van der Waals surface area contributed by atoms with Crippen molar-refractivity contribution >= 4 is 11.9 Å². The van der Waals surface area contributed by atoms with Gasteiger partial charge in [0, 0.05) is 0 Å². The number of nitrogens with two attached hydrogens (primary N) is 1. The number of hydrogen-bond donors (Lipinski definition) is 2. The molecule has 0 radical (unpaired) electrons. The number of ether oxygens (including phenoxy) is 1. The average Bonchev–Trinajstić information content (AvgIpc) is 2.34. The Bertz CT molecular complexity index is 465. The lowest BCUT2D eigenvalue weighted by atomic mass is 9.92. The van der Waals surface area contributed by atoms with Crippen LogP contribution in [0.4, 0.5) is 0 Å². The molecule has 1 aromatic carbocycles. The van der Waals surface area contributed by atoms with E-state index in [1.165, 1.54) is 0 Å². The van der Waals surface area contributed by atoms with Gasteiger partial charge in [0.15, 0.2) is 0 Å². The number of esters is 1. The molecule has 0 aliphatic carbocycles. The van der Waals surface area contributed by atoms with Crippen molar-refractivity contribution in [2.75, 3.05) is 0 Å². The van der Waals surface area contributed by atoms with Crippen LogP contribution < -0.4 is 5.73 Å². The van der Waals surface area contributed by atoms with Gasteiger partial charge in [-0.05, 0) is 32.8 Å². The van der Waals surface area contributed by atoms with Gasteiger partial charge < -0.3 is 15.6 Å². The molecule has 3 N–H and O–H groups in total. The summed E-state index contributed by atoms with van der Waals surface area (Å²) < 4.78 is 5.35. The number of benzene rings is 1. The zero-order chi connectivity index (χ0) is 15.3. The Hall–Kier alpha value is -1.88. The van der Waals surface area contributed by atoms with E-state index in [1.807, 2.05) is 6.07 Å². The molecular weight excluding hydrogens is 258 g/mol. The molecule has 110 valence electrons. The summed E-state index contributed by atoms with van der Waals surface area (Å²) in [7, 11) is 0. The minimum atomic E-state index is -1.13. The Morgan fingerprint density at radius 3 is 2.25 bits per heavy atom. The molecule has 2 atom stereocenters. The highest BCUT2D eigenvalue weighted by atomic mass is 16.6. The normalized spacial score (nSPS) is 14.4. The lowest BCUT2D eigenvalue weighted by Crippen LogP contribution is -2.36. The van der Waals surface area contributed by atoms with Crippen LogP contribution in [0.5, 0.6) is 0 Å². The molecule has 0 aromatic heterocycles. The van der Waals surface area contributed by atoms with Gasteiger partial charge in [-0.3, -0.25) is 9.59 Å². The zero-order valence-electron chi connectivity index (χ0n) is 12.0. The van der Waals surface area contributed by atoms with Gasteiger partial charge in [-0.2, -0.15) is 0 Å². The summed E-state index contributed by atoms with van der Waals surface area (Å²) in [6, 6.07) is 7.84. The van der Waals surface area contributed by atoms with Gasteiger partial charge in [0.25, 0.3) is 0 Å². The largest absolute Gasteiger partial charge is 0.480 e. The van der Waals surface area contributed by atoms with E-state index in [9.17, 15) is 9.59 Å². The van der Waals surface area contributed by atoms with Crippen molar-refractivity contribution < 1.29 is 19.4 Å². The fraction of sp³-hybridized carbons (Fsp3) is 0.467. The third kappa shape index (κ3) is 5.01. The van der Waals surface area contributed by atoms with Crippen LogP contribution in [0.2, 0.25) is 0 Å². The highest BCUT2D eigenvalue weighted by molar-refractivity contribution is 5.80. The van der Waals surface area contributed by atoms with Crippen LogP contribution in [0, 0.1) is 0 Å². The van der Waals surface area contributed by atoms with Crippen molar-refractivity contribution in [3.8, 4) is 0 Å². The Morgan fingerprint density at radius 1 is 1.25 bits per heavy atom. The van der Waals surface area contributed by atoms with Crippen molar-refractivity contribution in [1.82, 2.24) is 0 Å². The maximum absolute atomic E-state index is 12.2. The van der Waals surface area contributed by atoms with Crippen LogP contribution in [-0.2, 0) is 14.3 Å². The standard InChI is InChI=1S/C15H21NO4/c1-15(2,3)20-14(19)11(9-12(16)13(17)18)10-7-5-4-6-8-10/h4-8,11-12H,9,16H2,1-3H3,(H,17,18). The third-order valence-corrected chi connectivity index (χ3v) is 2.70. The molecule has 5 nitrogen and oxygen atoms in total. The summed E-state index contributed by atoms with van der Waals surface area (Å²) in [5, 5.41) is 8.92. The fourth-order valence-electron chi connectivity index (χ4n) is 1.78. The van der Waals surface area contributed by atoms with Crippen LogP contribution in [0.1, 0.15) is 38.7 Å². The Labute approximate surface area is 118 Å². The van der Waals surface area contributed by atoms with E-state index in [0.29, 0.717) is 5.56 Å². The molecule has 1 rings (SSSR count). The number of rotatable bonds is 5. The van der Waals surface area contributed by atoms with E-state index in [1.54, 1.807) is 45.0 Å². The van der Waals surface area contributed by atoms with Gasteiger partial charge >= 0.3 is 11.9 Å². The summed E-state index contributed by atoms with van der Waals surface area (Å²) in [5.41, 5.74) is 5.63. The lowest BCUT2D eigenvalue weighted by Gasteiger charge is -2.25. The zero-order valence-corrected chi connectivity index (χ0v) is 12.0. The number of carboxylic acid groups (broad SMARTS) is 1. The maximum atomic E-state index is 12.2. The monoisotopic (exact) mass is 279 g/mol. The maximum Gasteiger partial charge on any atom is 0.320 e. The minimum absolute atomic E-state index is 0.00819. The topological polar surface area (TPSA) is 89.6 Å². The predicted molar refractivity (Wildman–Crippen MR) is 75.3 cm³/mol. The van der Waals surface area contributed by atoms with E-state index in [0.717, 1.165) is 0 Å². The highest BCUT2D eigenvalue weighted by Crippen LogP contribution is 2.25. The molecule has 0 saturated heterocycles. The Morgan fingerprint density at radius 2 is 1.80 bits per heavy atom. The van der Waals surface area contributed by atoms with Crippen LogP contribution >= 0.6 is 0 Å². The van der Waals surface area contributed by atoms with E-state index in [4.69, 9.17) is 15.6 Å². The fourth-order valence-corrected chi connectivity index (χ4v) is 1.78. The van der Waals surface area contributed by atoms with Gasteiger partial charge in [-0.15, -0.1) is 0 Å². The molecule has 0 aliphatic rings. The van der Waals surface area contributed by atoms with Gasteiger partial charge in [0.2, 0.25) is 0 Å². The number of carbonyl (C=O) groups excluding carboxylic acids is 1. The molecule has 2 unspecified atom stereocenters. The van der Waals surface area contributed by atoms with Crippen molar-refractivity contribution in [1.29, 1.82) is 0 Å². The first-order valence-corrected chi connectivity index (χ1v) is 6.47. The quantitative estimate of drug-likeness (QED) is 0.804. The molecule has 0 aliphatic heterocycles. The molecule has 0 saturated carbocycles. The van der Waals surface area contributed by atoms with Crippen LogP contribution in [0.15, 0.2) is 30.3 Å². The van der Waals surface area contributed by atoms with E-state index < -0.39 is 29.5 Å². The van der Waals surface area contributed by atoms with Crippen molar-refractivity contribution in [2.24, 2.45) is 5.73 Å². The van der Waals surface area contributed by atoms with Crippen molar-refractivity contribution in [3.63, 3.8) is 0 Å². The van der Waals surface area contributed by atoms with Crippen LogP contribution in [0.3, 0.4) is 0 Å². The summed E-state index contributed by atoms with van der Waals surface area (Å²) in [4.78, 5) is 23.1. The number of hydrogen-bond acceptors (Lipinski definition) is 4. The third-order valence-electron chi connectivity index (χ3n) is 2.70. The number of carbonyl (C=O) groups is 2. The smallest absolute Gasteiger partial charge is 0.320 e. The van der Waals surface area contributed by atoms with Crippen LogP contribution in [-0.4, -0.2) is 28.7 Å². The molecule has 1 aromatic rings. The molecule has 0 fully saturated rings. The lowest BCUT2D eigenvalue weighted by molar-refractivity contribution is -0.157. The summed E-state index contributed by atoms with van der Waals surface area (Å²) in [5.74, 6) is -2.27. The summed E-state index contributed by atoms with van der Waals surface area (Å²) >= 11 is 0. The summed E-state index contributed by atoms with van der Waals surface area (Å²) in [6.45, 7) is 5.30. The first-order valence-electron chi connectivity index (χ1n) is 6.47.